The van der Waals surface area contributed by atoms with Crippen molar-refractivity contribution in [1.29, 1.82) is 0 Å². The van der Waals surface area contributed by atoms with Gasteiger partial charge < -0.3 is 10.1 Å². The lowest BCUT2D eigenvalue weighted by atomic mass is 9.95. The molecule has 1 aromatic rings. The summed E-state index contributed by atoms with van der Waals surface area (Å²) in [6, 6.07) is 0.774. The highest BCUT2D eigenvalue weighted by Crippen LogP contribution is 2.17. The summed E-state index contributed by atoms with van der Waals surface area (Å²) in [5.41, 5.74) is 0.965. The number of amides is 1. The number of nitrogens with one attached hydrogen (secondary N) is 1. The van der Waals surface area contributed by atoms with E-state index in [1.54, 1.807) is 12.4 Å². The standard InChI is InChI=1S/C15H23N3O2/c1-2-20-15-16-10-12(11-17-15)8-9-14(19)18-13-6-4-3-5-7-13/h10-11,13H,2-9H2,1H3,(H,18,19). The van der Waals surface area contributed by atoms with Crippen LogP contribution in [0.4, 0.5) is 0 Å². The number of hydrogen-bond donors (Lipinski definition) is 1. The van der Waals surface area contributed by atoms with E-state index in [1.165, 1.54) is 19.3 Å². The van der Waals surface area contributed by atoms with Crippen molar-refractivity contribution >= 4 is 5.91 Å². The van der Waals surface area contributed by atoms with Gasteiger partial charge in [0.15, 0.2) is 0 Å². The van der Waals surface area contributed by atoms with Crippen molar-refractivity contribution in [1.82, 2.24) is 15.3 Å². The number of hydrogen-bond acceptors (Lipinski definition) is 4. The van der Waals surface area contributed by atoms with Gasteiger partial charge in [-0.15, -0.1) is 0 Å². The fraction of sp³-hybridized carbons (Fsp3) is 0.667. The molecule has 5 heteroatoms. The largest absolute Gasteiger partial charge is 0.464 e. The summed E-state index contributed by atoms with van der Waals surface area (Å²) in [4.78, 5) is 20.1. The number of ether oxygens (including phenoxy) is 1. The number of rotatable bonds is 6. The Kier molecular flexibility index (Phi) is 5.77. The fourth-order valence-corrected chi connectivity index (χ4v) is 2.48. The first kappa shape index (κ1) is 14.8. The first-order valence-corrected chi connectivity index (χ1v) is 7.51. The predicted octanol–water partition coefficient (Wildman–Crippen LogP) is 2.26. The van der Waals surface area contributed by atoms with Crippen molar-refractivity contribution < 1.29 is 9.53 Å². The van der Waals surface area contributed by atoms with Crippen LogP contribution < -0.4 is 10.1 Å². The highest BCUT2D eigenvalue weighted by atomic mass is 16.5. The van der Waals surface area contributed by atoms with Crippen LogP contribution in [0.5, 0.6) is 6.01 Å². The Hall–Kier alpha value is -1.65. The molecule has 1 aliphatic carbocycles. The molecule has 0 saturated heterocycles. The molecule has 0 aliphatic heterocycles. The van der Waals surface area contributed by atoms with E-state index < -0.39 is 0 Å². The van der Waals surface area contributed by atoms with Gasteiger partial charge in [-0.05, 0) is 31.7 Å². The van der Waals surface area contributed by atoms with E-state index in [4.69, 9.17) is 4.74 Å². The van der Waals surface area contributed by atoms with Crippen LogP contribution in [-0.4, -0.2) is 28.5 Å². The molecule has 0 spiro atoms. The van der Waals surface area contributed by atoms with Gasteiger partial charge in [0.2, 0.25) is 5.91 Å². The molecule has 0 bridgehead atoms. The van der Waals surface area contributed by atoms with Crippen molar-refractivity contribution in [2.24, 2.45) is 0 Å². The fourth-order valence-electron chi connectivity index (χ4n) is 2.48. The van der Waals surface area contributed by atoms with Gasteiger partial charge in [0.25, 0.3) is 0 Å². The molecule has 1 heterocycles. The molecule has 1 aromatic heterocycles. The topological polar surface area (TPSA) is 64.1 Å². The van der Waals surface area contributed by atoms with E-state index in [1.807, 2.05) is 6.92 Å². The van der Waals surface area contributed by atoms with E-state index in [0.29, 0.717) is 31.5 Å². The molecule has 1 N–H and O–H groups in total. The normalized spacial score (nSPS) is 15.8. The lowest BCUT2D eigenvalue weighted by Gasteiger charge is -2.22. The third-order valence-corrected chi connectivity index (χ3v) is 3.57. The smallest absolute Gasteiger partial charge is 0.316 e. The molecule has 0 atom stereocenters. The quantitative estimate of drug-likeness (QED) is 0.866. The van der Waals surface area contributed by atoms with Crippen molar-refractivity contribution in [2.45, 2.75) is 57.9 Å². The SMILES string of the molecule is CCOc1ncc(CCC(=O)NC2CCCCC2)cn1. The van der Waals surface area contributed by atoms with Gasteiger partial charge in [0.1, 0.15) is 0 Å². The van der Waals surface area contributed by atoms with Crippen molar-refractivity contribution in [2.75, 3.05) is 6.61 Å². The molecule has 0 aromatic carbocycles. The molecule has 1 fully saturated rings. The first-order valence-electron chi connectivity index (χ1n) is 7.51. The Morgan fingerprint density at radius 1 is 1.30 bits per heavy atom. The maximum atomic E-state index is 11.9. The summed E-state index contributed by atoms with van der Waals surface area (Å²) in [7, 11) is 0. The maximum absolute atomic E-state index is 11.9. The van der Waals surface area contributed by atoms with Crippen LogP contribution in [0.25, 0.3) is 0 Å². The molecule has 0 unspecified atom stereocenters. The summed E-state index contributed by atoms with van der Waals surface area (Å²) in [5, 5.41) is 3.12. The molecular weight excluding hydrogens is 254 g/mol. The van der Waals surface area contributed by atoms with Crippen molar-refractivity contribution in [3.63, 3.8) is 0 Å². The van der Waals surface area contributed by atoms with Gasteiger partial charge in [0, 0.05) is 24.9 Å². The van der Waals surface area contributed by atoms with E-state index >= 15 is 0 Å². The summed E-state index contributed by atoms with van der Waals surface area (Å²) in [5.74, 6) is 0.130. The summed E-state index contributed by atoms with van der Waals surface area (Å²) in [6.07, 6.45) is 10.6. The molecule has 2 rings (SSSR count). The Labute approximate surface area is 120 Å². The average molecular weight is 277 g/mol. The van der Waals surface area contributed by atoms with Gasteiger partial charge >= 0.3 is 6.01 Å². The van der Waals surface area contributed by atoms with Crippen molar-refractivity contribution in [3.05, 3.63) is 18.0 Å². The minimum Gasteiger partial charge on any atom is -0.464 e. The second-order valence-corrected chi connectivity index (χ2v) is 5.21. The van der Waals surface area contributed by atoms with E-state index in [0.717, 1.165) is 18.4 Å². The highest BCUT2D eigenvalue weighted by Gasteiger charge is 2.15. The zero-order valence-corrected chi connectivity index (χ0v) is 12.1. The van der Waals surface area contributed by atoms with E-state index in [2.05, 4.69) is 15.3 Å². The number of aromatic nitrogens is 2. The summed E-state index contributed by atoms with van der Waals surface area (Å²) >= 11 is 0. The van der Waals surface area contributed by atoms with Crippen LogP contribution >= 0.6 is 0 Å². The van der Waals surface area contributed by atoms with Crippen LogP contribution in [0.15, 0.2) is 12.4 Å². The molecule has 1 aliphatic rings. The van der Waals surface area contributed by atoms with Gasteiger partial charge in [-0.1, -0.05) is 19.3 Å². The minimum atomic E-state index is 0.130. The third-order valence-electron chi connectivity index (χ3n) is 3.57. The van der Waals surface area contributed by atoms with Crippen LogP contribution in [-0.2, 0) is 11.2 Å². The van der Waals surface area contributed by atoms with Gasteiger partial charge in [-0.2, -0.15) is 0 Å². The maximum Gasteiger partial charge on any atom is 0.316 e. The molecule has 1 saturated carbocycles. The van der Waals surface area contributed by atoms with Crippen LogP contribution in [0.2, 0.25) is 0 Å². The Morgan fingerprint density at radius 2 is 2.00 bits per heavy atom. The van der Waals surface area contributed by atoms with Gasteiger partial charge in [-0.25, -0.2) is 9.97 Å². The molecule has 20 heavy (non-hydrogen) atoms. The molecule has 5 nitrogen and oxygen atoms in total. The highest BCUT2D eigenvalue weighted by molar-refractivity contribution is 5.76. The Bertz CT molecular complexity index is 414. The lowest BCUT2D eigenvalue weighted by molar-refractivity contribution is -0.121. The van der Waals surface area contributed by atoms with Crippen LogP contribution in [0, 0.1) is 0 Å². The van der Waals surface area contributed by atoms with Crippen LogP contribution in [0.3, 0.4) is 0 Å². The summed E-state index contributed by atoms with van der Waals surface area (Å²) in [6.45, 7) is 2.45. The monoisotopic (exact) mass is 277 g/mol. The Morgan fingerprint density at radius 3 is 2.65 bits per heavy atom. The number of carbonyl (C=O) groups is 1. The second kappa shape index (κ2) is 7.82. The molecular formula is C15H23N3O2. The van der Waals surface area contributed by atoms with E-state index in [-0.39, 0.29) is 5.91 Å². The molecule has 0 radical (unpaired) electrons. The zero-order chi connectivity index (χ0) is 14.2. The molecule has 110 valence electrons. The average Bonchev–Trinajstić information content (AvgIpc) is 2.48. The van der Waals surface area contributed by atoms with E-state index in [9.17, 15) is 4.79 Å². The summed E-state index contributed by atoms with van der Waals surface area (Å²) < 4.78 is 5.19. The first-order chi connectivity index (χ1) is 9.78. The Balaban J connectivity index is 1.72. The third kappa shape index (κ3) is 4.79. The number of nitrogens with zero attached hydrogens (tertiary/aromatic N) is 2. The van der Waals surface area contributed by atoms with Crippen LogP contribution in [0.1, 0.15) is 51.0 Å². The number of carbonyl (C=O) groups excluding carboxylic acids is 1. The predicted molar refractivity (Wildman–Crippen MR) is 76.5 cm³/mol. The molecule has 1 amide bonds. The zero-order valence-electron chi connectivity index (χ0n) is 12.1. The minimum absolute atomic E-state index is 0.130. The number of aryl methyl sites for hydroxylation is 1. The van der Waals surface area contributed by atoms with Gasteiger partial charge in [-0.3, -0.25) is 4.79 Å². The van der Waals surface area contributed by atoms with Gasteiger partial charge in [0.05, 0.1) is 6.61 Å². The lowest BCUT2D eigenvalue weighted by Crippen LogP contribution is -2.36. The second-order valence-electron chi connectivity index (χ2n) is 5.21. The van der Waals surface area contributed by atoms with Crippen molar-refractivity contribution in [3.8, 4) is 6.01 Å².